The van der Waals surface area contributed by atoms with Gasteiger partial charge in [0.15, 0.2) is 0 Å². The molecule has 3 heteroatoms. The van der Waals surface area contributed by atoms with E-state index >= 15 is 0 Å². The lowest BCUT2D eigenvalue weighted by molar-refractivity contribution is 0.244. The predicted molar refractivity (Wildman–Crippen MR) is 79.4 cm³/mol. The fraction of sp³-hybridized carbons (Fsp3) is 0.600. The van der Waals surface area contributed by atoms with Crippen molar-refractivity contribution in [2.45, 2.75) is 52.7 Å². The lowest BCUT2D eigenvalue weighted by atomic mass is 9.99. The molecule has 0 heterocycles. The minimum atomic E-state index is 0.116. The number of ether oxygens (including phenoxy) is 1. The number of rotatable bonds is 5. The van der Waals surface area contributed by atoms with Gasteiger partial charge in [-0.3, -0.25) is 0 Å². The van der Waals surface area contributed by atoms with E-state index in [0.717, 1.165) is 17.9 Å². The van der Waals surface area contributed by atoms with Crippen molar-refractivity contribution < 1.29 is 4.74 Å². The second kappa shape index (κ2) is 5.51. The molecule has 1 aromatic carbocycles. The molecule has 0 saturated heterocycles. The molecule has 1 aromatic rings. The zero-order chi connectivity index (χ0) is 13.9. The van der Waals surface area contributed by atoms with E-state index in [1.807, 2.05) is 32.0 Å². The Hall–Kier alpha value is -1.38. The molecule has 0 spiro atoms. The molecular formula is C15H26N2O. The van der Waals surface area contributed by atoms with Gasteiger partial charge in [0.2, 0.25) is 0 Å². The van der Waals surface area contributed by atoms with Gasteiger partial charge in [0, 0.05) is 24.3 Å². The average molecular weight is 250 g/mol. The summed E-state index contributed by atoms with van der Waals surface area (Å²) in [7, 11) is 2.11. The zero-order valence-corrected chi connectivity index (χ0v) is 12.4. The number of hydrogen-bond acceptors (Lipinski definition) is 3. The molecule has 102 valence electrons. The second-order valence-electron chi connectivity index (χ2n) is 5.61. The third kappa shape index (κ3) is 3.31. The van der Waals surface area contributed by atoms with Crippen LogP contribution in [0, 0.1) is 0 Å². The van der Waals surface area contributed by atoms with Crippen molar-refractivity contribution in [2.24, 2.45) is 0 Å². The quantitative estimate of drug-likeness (QED) is 0.810. The van der Waals surface area contributed by atoms with E-state index in [9.17, 15) is 0 Å². The Kier molecular flexibility index (Phi) is 4.49. The minimum Gasteiger partial charge on any atom is -0.489 e. The largest absolute Gasteiger partial charge is 0.489 e. The van der Waals surface area contributed by atoms with Crippen LogP contribution >= 0.6 is 0 Å². The van der Waals surface area contributed by atoms with Gasteiger partial charge < -0.3 is 15.4 Å². The molecule has 0 bridgehead atoms. The van der Waals surface area contributed by atoms with E-state index in [2.05, 4.69) is 32.7 Å². The lowest BCUT2D eigenvalue weighted by Crippen LogP contribution is -2.40. The minimum absolute atomic E-state index is 0.116. The highest BCUT2D eigenvalue weighted by molar-refractivity contribution is 5.62. The van der Waals surface area contributed by atoms with Crippen LogP contribution in [0.5, 0.6) is 5.75 Å². The van der Waals surface area contributed by atoms with Gasteiger partial charge >= 0.3 is 0 Å². The van der Waals surface area contributed by atoms with Crippen molar-refractivity contribution in [1.29, 1.82) is 0 Å². The number of anilines is 2. The van der Waals surface area contributed by atoms with Gasteiger partial charge in [-0.2, -0.15) is 0 Å². The van der Waals surface area contributed by atoms with Crippen LogP contribution in [0.2, 0.25) is 0 Å². The summed E-state index contributed by atoms with van der Waals surface area (Å²) in [5.41, 5.74) is 7.87. The maximum Gasteiger partial charge on any atom is 0.144 e. The Labute approximate surface area is 111 Å². The monoisotopic (exact) mass is 250 g/mol. The van der Waals surface area contributed by atoms with Crippen LogP contribution < -0.4 is 15.4 Å². The number of benzene rings is 1. The van der Waals surface area contributed by atoms with Crippen molar-refractivity contribution in [3.05, 3.63) is 18.2 Å². The molecule has 0 radical (unpaired) electrons. The van der Waals surface area contributed by atoms with Crippen molar-refractivity contribution in [3.63, 3.8) is 0 Å². The highest BCUT2D eigenvalue weighted by Gasteiger charge is 2.22. The van der Waals surface area contributed by atoms with Crippen LogP contribution in [-0.4, -0.2) is 18.7 Å². The van der Waals surface area contributed by atoms with Crippen LogP contribution in [0.25, 0.3) is 0 Å². The Balaban J connectivity index is 3.04. The first-order valence-electron chi connectivity index (χ1n) is 6.58. The van der Waals surface area contributed by atoms with Gasteiger partial charge in [-0.25, -0.2) is 0 Å². The maximum absolute atomic E-state index is 5.94. The summed E-state index contributed by atoms with van der Waals surface area (Å²) >= 11 is 0. The lowest BCUT2D eigenvalue weighted by Gasteiger charge is -2.37. The maximum atomic E-state index is 5.94. The van der Waals surface area contributed by atoms with Crippen molar-refractivity contribution in [1.82, 2.24) is 0 Å². The summed E-state index contributed by atoms with van der Waals surface area (Å²) in [5, 5.41) is 0. The van der Waals surface area contributed by atoms with E-state index in [-0.39, 0.29) is 11.6 Å². The molecule has 18 heavy (non-hydrogen) atoms. The Bertz CT molecular complexity index is 399. The van der Waals surface area contributed by atoms with Gasteiger partial charge in [-0.15, -0.1) is 0 Å². The van der Waals surface area contributed by atoms with E-state index < -0.39 is 0 Å². The molecule has 0 aromatic heterocycles. The predicted octanol–water partition coefficient (Wildman–Crippen LogP) is 3.68. The molecule has 0 amide bonds. The SMILES string of the molecule is CCC(C)(C)N(C)c1ccc(N)c(OC(C)C)c1. The zero-order valence-electron chi connectivity index (χ0n) is 12.4. The standard InChI is InChI=1S/C15H26N2O/c1-7-15(4,5)17(6)12-8-9-13(16)14(10-12)18-11(2)3/h8-11H,7,16H2,1-6H3. The molecule has 2 N–H and O–H groups in total. The first-order valence-corrected chi connectivity index (χ1v) is 6.58. The fourth-order valence-corrected chi connectivity index (χ4v) is 1.67. The van der Waals surface area contributed by atoms with Crippen LogP contribution in [0.1, 0.15) is 41.0 Å². The van der Waals surface area contributed by atoms with Gasteiger partial charge in [-0.1, -0.05) is 6.92 Å². The Morgan fingerprint density at radius 2 is 1.94 bits per heavy atom. The molecule has 0 aliphatic rings. The first kappa shape index (κ1) is 14.7. The molecule has 0 saturated carbocycles. The summed E-state index contributed by atoms with van der Waals surface area (Å²) in [6.45, 7) is 10.7. The molecular weight excluding hydrogens is 224 g/mol. The number of nitrogens with two attached hydrogens (primary N) is 1. The summed E-state index contributed by atoms with van der Waals surface area (Å²) in [4.78, 5) is 2.26. The Morgan fingerprint density at radius 3 is 2.44 bits per heavy atom. The van der Waals surface area contributed by atoms with Crippen LogP contribution in [-0.2, 0) is 0 Å². The highest BCUT2D eigenvalue weighted by Crippen LogP contribution is 2.31. The number of nitrogen functional groups attached to an aromatic ring is 1. The normalized spacial score (nSPS) is 11.7. The summed E-state index contributed by atoms with van der Waals surface area (Å²) in [6, 6.07) is 5.97. The van der Waals surface area contributed by atoms with Crippen molar-refractivity contribution in [3.8, 4) is 5.75 Å². The van der Waals surface area contributed by atoms with Crippen molar-refractivity contribution >= 4 is 11.4 Å². The molecule has 0 unspecified atom stereocenters. The third-order valence-corrected chi connectivity index (χ3v) is 3.52. The van der Waals surface area contributed by atoms with Crippen LogP contribution in [0.3, 0.4) is 0 Å². The molecule has 1 rings (SSSR count). The fourth-order valence-electron chi connectivity index (χ4n) is 1.67. The molecule has 3 nitrogen and oxygen atoms in total. The first-order chi connectivity index (χ1) is 8.27. The summed E-state index contributed by atoms with van der Waals surface area (Å²) in [5.74, 6) is 0.765. The summed E-state index contributed by atoms with van der Waals surface area (Å²) in [6.07, 6.45) is 1.21. The van der Waals surface area contributed by atoms with E-state index in [0.29, 0.717) is 5.69 Å². The second-order valence-corrected chi connectivity index (χ2v) is 5.61. The summed E-state index contributed by atoms with van der Waals surface area (Å²) < 4.78 is 5.73. The number of hydrogen-bond donors (Lipinski definition) is 1. The van der Waals surface area contributed by atoms with Crippen LogP contribution in [0.4, 0.5) is 11.4 Å². The van der Waals surface area contributed by atoms with Gasteiger partial charge in [0.05, 0.1) is 11.8 Å². The molecule has 0 aliphatic heterocycles. The Morgan fingerprint density at radius 1 is 1.33 bits per heavy atom. The number of nitrogens with zero attached hydrogens (tertiary/aromatic N) is 1. The van der Waals surface area contributed by atoms with E-state index in [1.54, 1.807) is 0 Å². The van der Waals surface area contributed by atoms with E-state index in [1.165, 1.54) is 0 Å². The molecule has 0 fully saturated rings. The highest BCUT2D eigenvalue weighted by atomic mass is 16.5. The third-order valence-electron chi connectivity index (χ3n) is 3.52. The van der Waals surface area contributed by atoms with E-state index in [4.69, 9.17) is 10.5 Å². The van der Waals surface area contributed by atoms with Crippen LogP contribution in [0.15, 0.2) is 18.2 Å². The van der Waals surface area contributed by atoms with Crippen molar-refractivity contribution in [2.75, 3.05) is 17.7 Å². The molecule has 0 atom stereocenters. The van der Waals surface area contributed by atoms with Gasteiger partial charge in [0.25, 0.3) is 0 Å². The molecule has 0 aliphatic carbocycles. The smallest absolute Gasteiger partial charge is 0.144 e. The van der Waals surface area contributed by atoms with Gasteiger partial charge in [-0.05, 0) is 46.2 Å². The topological polar surface area (TPSA) is 38.5 Å². The van der Waals surface area contributed by atoms with Gasteiger partial charge in [0.1, 0.15) is 5.75 Å². The average Bonchev–Trinajstić information content (AvgIpc) is 2.30.